The topological polar surface area (TPSA) is 69.5 Å². The zero-order chi connectivity index (χ0) is 17.6. The molecule has 0 bridgehead atoms. The summed E-state index contributed by atoms with van der Waals surface area (Å²) < 4.78 is 5.57. The number of carbonyl (C=O) groups excluding carboxylic acids is 1. The maximum atomic E-state index is 12.8. The minimum absolute atomic E-state index is 0.0229. The van der Waals surface area contributed by atoms with Crippen molar-refractivity contribution in [2.75, 3.05) is 37.7 Å². The fraction of sp³-hybridized carbons (Fsp3) is 0.316. The van der Waals surface area contributed by atoms with E-state index in [4.69, 9.17) is 4.74 Å². The van der Waals surface area contributed by atoms with Crippen molar-refractivity contribution in [3.8, 4) is 11.8 Å². The van der Waals surface area contributed by atoms with Gasteiger partial charge in [-0.25, -0.2) is 4.98 Å². The van der Waals surface area contributed by atoms with Crippen molar-refractivity contribution in [3.05, 3.63) is 53.7 Å². The van der Waals surface area contributed by atoms with Gasteiger partial charge in [-0.3, -0.25) is 4.79 Å². The van der Waals surface area contributed by atoms with Crippen LogP contribution in [0.25, 0.3) is 0 Å². The SMILES string of the molecule is CCOc1ccccc1C(=O)N1CCN(c2ncccc2C#N)CC1. The van der Waals surface area contributed by atoms with Gasteiger partial charge in [0.2, 0.25) is 0 Å². The summed E-state index contributed by atoms with van der Waals surface area (Å²) in [5.41, 5.74) is 1.15. The molecule has 1 aliphatic heterocycles. The average molecular weight is 336 g/mol. The Morgan fingerprint density at radius 3 is 2.68 bits per heavy atom. The Labute approximate surface area is 147 Å². The molecule has 0 aliphatic carbocycles. The number of carbonyl (C=O) groups is 1. The number of rotatable bonds is 4. The molecular weight excluding hydrogens is 316 g/mol. The van der Waals surface area contributed by atoms with Gasteiger partial charge in [-0.2, -0.15) is 5.26 Å². The van der Waals surface area contributed by atoms with Crippen molar-refractivity contribution in [1.82, 2.24) is 9.88 Å². The predicted molar refractivity (Wildman–Crippen MR) is 94.7 cm³/mol. The number of anilines is 1. The molecule has 0 unspecified atom stereocenters. The molecule has 1 aromatic heterocycles. The van der Waals surface area contributed by atoms with Crippen molar-refractivity contribution in [2.45, 2.75) is 6.92 Å². The number of pyridine rings is 1. The number of para-hydroxylation sites is 1. The summed E-state index contributed by atoms with van der Waals surface area (Å²) in [5.74, 6) is 1.28. The largest absolute Gasteiger partial charge is 0.493 e. The first-order valence-corrected chi connectivity index (χ1v) is 8.35. The highest BCUT2D eigenvalue weighted by atomic mass is 16.5. The molecule has 2 aromatic rings. The second-order valence-corrected chi connectivity index (χ2v) is 5.69. The first kappa shape index (κ1) is 16.8. The Kier molecular flexibility index (Phi) is 5.14. The highest BCUT2D eigenvalue weighted by Gasteiger charge is 2.25. The van der Waals surface area contributed by atoms with E-state index in [-0.39, 0.29) is 5.91 Å². The maximum absolute atomic E-state index is 12.8. The highest BCUT2D eigenvalue weighted by Crippen LogP contribution is 2.22. The Hall–Kier alpha value is -3.07. The second kappa shape index (κ2) is 7.67. The first-order chi connectivity index (χ1) is 12.2. The molecule has 3 rings (SSSR count). The monoisotopic (exact) mass is 336 g/mol. The molecule has 0 spiro atoms. The number of amides is 1. The molecule has 2 heterocycles. The van der Waals surface area contributed by atoms with E-state index >= 15 is 0 Å². The smallest absolute Gasteiger partial charge is 0.257 e. The van der Waals surface area contributed by atoms with Gasteiger partial charge in [0.05, 0.1) is 17.7 Å². The number of piperazine rings is 1. The number of benzene rings is 1. The summed E-state index contributed by atoms with van der Waals surface area (Å²) in [6, 6.07) is 13.0. The van der Waals surface area contributed by atoms with E-state index in [2.05, 4.69) is 16.0 Å². The van der Waals surface area contributed by atoms with Crippen LogP contribution in [0.5, 0.6) is 5.75 Å². The van der Waals surface area contributed by atoms with Crippen molar-refractivity contribution in [1.29, 1.82) is 5.26 Å². The molecule has 0 N–H and O–H groups in total. The van der Waals surface area contributed by atoms with Crippen molar-refractivity contribution in [3.63, 3.8) is 0 Å². The lowest BCUT2D eigenvalue weighted by molar-refractivity contribution is 0.0742. The number of hydrogen-bond acceptors (Lipinski definition) is 5. The minimum atomic E-state index is -0.0229. The molecule has 1 aromatic carbocycles. The molecule has 1 saturated heterocycles. The summed E-state index contributed by atoms with van der Waals surface area (Å²) in [7, 11) is 0. The third-order valence-corrected chi connectivity index (χ3v) is 4.19. The van der Waals surface area contributed by atoms with Gasteiger partial charge in [-0.1, -0.05) is 12.1 Å². The summed E-state index contributed by atoms with van der Waals surface area (Å²) in [6.45, 7) is 4.89. The van der Waals surface area contributed by atoms with Crippen LogP contribution in [-0.2, 0) is 0 Å². The quantitative estimate of drug-likeness (QED) is 0.857. The second-order valence-electron chi connectivity index (χ2n) is 5.69. The van der Waals surface area contributed by atoms with E-state index in [9.17, 15) is 10.1 Å². The standard InChI is InChI=1S/C19H20N4O2/c1-2-25-17-8-4-3-7-16(17)19(24)23-12-10-22(11-13-23)18-15(14-20)6-5-9-21-18/h3-9H,2,10-13H2,1H3. The number of ether oxygens (including phenoxy) is 1. The van der Waals surface area contributed by atoms with Gasteiger partial charge < -0.3 is 14.5 Å². The molecule has 0 saturated carbocycles. The van der Waals surface area contributed by atoms with Crippen LogP contribution >= 0.6 is 0 Å². The number of nitriles is 1. The molecule has 6 nitrogen and oxygen atoms in total. The fourth-order valence-corrected chi connectivity index (χ4v) is 2.95. The van der Waals surface area contributed by atoms with E-state index in [0.29, 0.717) is 55.5 Å². The van der Waals surface area contributed by atoms with E-state index in [1.54, 1.807) is 24.4 Å². The Balaban J connectivity index is 1.70. The van der Waals surface area contributed by atoms with Gasteiger partial charge >= 0.3 is 0 Å². The van der Waals surface area contributed by atoms with Crippen LogP contribution in [0.3, 0.4) is 0 Å². The zero-order valence-corrected chi connectivity index (χ0v) is 14.2. The molecule has 1 aliphatic rings. The summed E-state index contributed by atoms with van der Waals surface area (Å²) >= 11 is 0. The van der Waals surface area contributed by atoms with Gasteiger partial charge in [0.25, 0.3) is 5.91 Å². The van der Waals surface area contributed by atoms with Crippen LogP contribution in [-0.4, -0.2) is 48.6 Å². The van der Waals surface area contributed by atoms with Gasteiger partial charge in [-0.15, -0.1) is 0 Å². The number of nitrogens with zero attached hydrogens (tertiary/aromatic N) is 4. The molecule has 1 fully saturated rings. The van der Waals surface area contributed by atoms with Crippen molar-refractivity contribution >= 4 is 11.7 Å². The minimum Gasteiger partial charge on any atom is -0.493 e. The lowest BCUT2D eigenvalue weighted by Gasteiger charge is -2.35. The Morgan fingerprint density at radius 1 is 1.20 bits per heavy atom. The zero-order valence-electron chi connectivity index (χ0n) is 14.2. The number of aromatic nitrogens is 1. The van der Waals surface area contributed by atoms with Crippen molar-refractivity contribution < 1.29 is 9.53 Å². The van der Waals surface area contributed by atoms with Crippen LogP contribution < -0.4 is 9.64 Å². The van der Waals surface area contributed by atoms with E-state index < -0.39 is 0 Å². The van der Waals surface area contributed by atoms with E-state index in [1.165, 1.54) is 0 Å². The normalized spacial score (nSPS) is 14.1. The Morgan fingerprint density at radius 2 is 1.96 bits per heavy atom. The fourth-order valence-electron chi connectivity index (χ4n) is 2.95. The summed E-state index contributed by atoms with van der Waals surface area (Å²) in [4.78, 5) is 21.0. The molecule has 0 radical (unpaired) electrons. The lowest BCUT2D eigenvalue weighted by Crippen LogP contribution is -2.49. The lowest BCUT2D eigenvalue weighted by atomic mass is 10.1. The van der Waals surface area contributed by atoms with Gasteiger partial charge in [0, 0.05) is 32.4 Å². The van der Waals surface area contributed by atoms with Crippen molar-refractivity contribution in [2.24, 2.45) is 0 Å². The molecule has 128 valence electrons. The molecule has 1 amide bonds. The van der Waals surface area contributed by atoms with Gasteiger partial charge in [0.1, 0.15) is 17.6 Å². The molecule has 0 atom stereocenters. The Bertz CT molecular complexity index is 792. The summed E-state index contributed by atoms with van der Waals surface area (Å²) in [5, 5.41) is 9.22. The molecular formula is C19H20N4O2. The van der Waals surface area contributed by atoms with Gasteiger partial charge in [0.15, 0.2) is 0 Å². The van der Waals surface area contributed by atoms with Crippen LogP contribution in [0.2, 0.25) is 0 Å². The highest BCUT2D eigenvalue weighted by molar-refractivity contribution is 5.97. The summed E-state index contributed by atoms with van der Waals surface area (Å²) in [6.07, 6.45) is 1.69. The van der Waals surface area contributed by atoms with Crippen LogP contribution in [0.15, 0.2) is 42.6 Å². The van der Waals surface area contributed by atoms with E-state index in [1.807, 2.05) is 30.0 Å². The molecule has 6 heteroatoms. The van der Waals surface area contributed by atoms with Crippen LogP contribution in [0.1, 0.15) is 22.8 Å². The van der Waals surface area contributed by atoms with E-state index in [0.717, 1.165) is 0 Å². The van der Waals surface area contributed by atoms with Crippen LogP contribution in [0, 0.1) is 11.3 Å². The average Bonchev–Trinajstić information content (AvgIpc) is 2.68. The predicted octanol–water partition coefficient (Wildman–Crippen LogP) is 2.31. The third-order valence-electron chi connectivity index (χ3n) is 4.19. The third kappa shape index (κ3) is 3.56. The van der Waals surface area contributed by atoms with Crippen LogP contribution in [0.4, 0.5) is 5.82 Å². The van der Waals surface area contributed by atoms with Gasteiger partial charge in [-0.05, 0) is 31.2 Å². The maximum Gasteiger partial charge on any atom is 0.257 e. The number of hydrogen-bond donors (Lipinski definition) is 0. The molecule has 25 heavy (non-hydrogen) atoms. The first-order valence-electron chi connectivity index (χ1n) is 8.35.